The third-order valence-electron chi connectivity index (χ3n) is 2.71. The molecular formula is C15H16N2S. The molecule has 0 fully saturated rings. The maximum Gasteiger partial charge on any atom is 0.157 e. The summed E-state index contributed by atoms with van der Waals surface area (Å²) in [5.74, 6) is 0. The summed E-state index contributed by atoms with van der Waals surface area (Å²) in [6, 6.07) is 16.5. The molecule has 0 atom stereocenters. The van der Waals surface area contributed by atoms with Crippen LogP contribution in [0.25, 0.3) is 11.1 Å². The molecule has 0 saturated heterocycles. The van der Waals surface area contributed by atoms with Crippen molar-refractivity contribution in [2.24, 2.45) is 0 Å². The average Bonchev–Trinajstić information content (AvgIpc) is 2.39. The molecule has 92 valence electrons. The average molecular weight is 256 g/mol. The van der Waals surface area contributed by atoms with Crippen LogP contribution in [0.2, 0.25) is 0 Å². The van der Waals surface area contributed by atoms with Crippen LogP contribution in [0.3, 0.4) is 0 Å². The molecule has 2 aromatic carbocycles. The van der Waals surface area contributed by atoms with Crippen molar-refractivity contribution in [3.63, 3.8) is 0 Å². The van der Waals surface area contributed by atoms with Crippen LogP contribution in [0.15, 0.2) is 48.5 Å². The molecule has 0 amide bonds. The van der Waals surface area contributed by atoms with E-state index in [1.54, 1.807) is 0 Å². The Morgan fingerprint density at radius 1 is 1.11 bits per heavy atom. The summed E-state index contributed by atoms with van der Waals surface area (Å²) >= 11 is 1.40. The molecule has 0 heterocycles. The van der Waals surface area contributed by atoms with E-state index in [1.807, 2.05) is 24.5 Å². The Morgan fingerprint density at radius 3 is 2.61 bits per heavy atom. The van der Waals surface area contributed by atoms with Gasteiger partial charge in [0.1, 0.15) is 0 Å². The van der Waals surface area contributed by atoms with Crippen molar-refractivity contribution in [3.8, 4) is 11.1 Å². The van der Waals surface area contributed by atoms with Crippen LogP contribution >= 0.6 is 11.8 Å². The molecule has 0 radical (unpaired) electrons. The molecule has 0 aliphatic carbocycles. The monoisotopic (exact) mass is 256 g/mol. The molecule has 0 spiro atoms. The second-order valence-corrected chi connectivity index (χ2v) is 4.89. The van der Waals surface area contributed by atoms with E-state index >= 15 is 0 Å². The van der Waals surface area contributed by atoms with Crippen LogP contribution in [-0.4, -0.2) is 11.4 Å². The second-order valence-electron chi connectivity index (χ2n) is 4.07. The lowest BCUT2D eigenvalue weighted by molar-refractivity contribution is 1.46. The molecule has 0 bridgehead atoms. The highest BCUT2D eigenvalue weighted by atomic mass is 32.2. The van der Waals surface area contributed by atoms with Gasteiger partial charge in [-0.05, 0) is 24.8 Å². The van der Waals surface area contributed by atoms with Crippen molar-refractivity contribution in [2.45, 2.75) is 6.92 Å². The van der Waals surface area contributed by atoms with Gasteiger partial charge in [-0.2, -0.15) is 0 Å². The van der Waals surface area contributed by atoms with Gasteiger partial charge in [-0.15, -0.1) is 0 Å². The van der Waals surface area contributed by atoms with Crippen molar-refractivity contribution in [1.82, 2.24) is 0 Å². The Labute approximate surface area is 112 Å². The molecule has 18 heavy (non-hydrogen) atoms. The summed E-state index contributed by atoms with van der Waals surface area (Å²) in [6.45, 7) is 2.09. The van der Waals surface area contributed by atoms with E-state index in [0.29, 0.717) is 5.17 Å². The maximum atomic E-state index is 7.73. The maximum absolute atomic E-state index is 7.73. The highest BCUT2D eigenvalue weighted by Crippen LogP contribution is 2.28. The predicted octanol–water partition coefficient (Wildman–Crippen LogP) is 4.37. The number of anilines is 1. The highest BCUT2D eigenvalue weighted by molar-refractivity contribution is 8.13. The Morgan fingerprint density at radius 2 is 1.89 bits per heavy atom. The zero-order valence-corrected chi connectivity index (χ0v) is 11.3. The molecule has 2 nitrogen and oxygen atoms in total. The molecule has 0 aliphatic heterocycles. The third-order valence-corrected chi connectivity index (χ3v) is 3.22. The lowest BCUT2D eigenvalue weighted by Gasteiger charge is -2.12. The van der Waals surface area contributed by atoms with Crippen molar-refractivity contribution in [3.05, 3.63) is 54.1 Å². The summed E-state index contributed by atoms with van der Waals surface area (Å²) < 4.78 is 0. The molecule has 2 rings (SSSR count). The van der Waals surface area contributed by atoms with Gasteiger partial charge in [0.2, 0.25) is 0 Å². The smallest absolute Gasteiger partial charge is 0.157 e. The SMILES string of the molecule is CSC(=N)Nc1ccccc1-c1cccc(C)c1. The predicted molar refractivity (Wildman–Crippen MR) is 81.5 cm³/mol. The lowest BCUT2D eigenvalue weighted by Crippen LogP contribution is -2.06. The molecule has 0 unspecified atom stereocenters. The topological polar surface area (TPSA) is 35.9 Å². The molecule has 3 heteroatoms. The molecule has 0 saturated carbocycles. The summed E-state index contributed by atoms with van der Waals surface area (Å²) in [6.07, 6.45) is 1.89. The first-order chi connectivity index (χ1) is 8.70. The highest BCUT2D eigenvalue weighted by Gasteiger charge is 2.05. The summed E-state index contributed by atoms with van der Waals surface area (Å²) in [5, 5.41) is 11.3. The van der Waals surface area contributed by atoms with Gasteiger partial charge in [0.25, 0.3) is 0 Å². The van der Waals surface area contributed by atoms with Crippen LogP contribution in [-0.2, 0) is 0 Å². The number of nitrogens with one attached hydrogen (secondary N) is 2. The van der Waals surface area contributed by atoms with Gasteiger partial charge in [0, 0.05) is 11.3 Å². The number of hydrogen-bond acceptors (Lipinski definition) is 2. The second kappa shape index (κ2) is 5.74. The van der Waals surface area contributed by atoms with Gasteiger partial charge in [-0.25, -0.2) is 0 Å². The normalized spacial score (nSPS) is 10.1. The van der Waals surface area contributed by atoms with E-state index in [1.165, 1.54) is 22.9 Å². The number of thioether (sulfide) groups is 1. The third kappa shape index (κ3) is 2.93. The van der Waals surface area contributed by atoms with Crippen LogP contribution in [0, 0.1) is 12.3 Å². The van der Waals surface area contributed by atoms with Crippen LogP contribution in [0.5, 0.6) is 0 Å². The molecule has 2 aromatic rings. The first-order valence-corrected chi connectivity index (χ1v) is 6.99. The minimum Gasteiger partial charge on any atom is -0.335 e. The fraction of sp³-hybridized carbons (Fsp3) is 0.133. The molecular weight excluding hydrogens is 240 g/mol. The fourth-order valence-corrected chi connectivity index (χ4v) is 2.04. The van der Waals surface area contributed by atoms with Gasteiger partial charge in [-0.3, -0.25) is 5.41 Å². The van der Waals surface area contributed by atoms with Crippen LogP contribution in [0.4, 0.5) is 5.69 Å². The van der Waals surface area contributed by atoms with Crippen molar-refractivity contribution < 1.29 is 0 Å². The van der Waals surface area contributed by atoms with Crippen LogP contribution < -0.4 is 5.32 Å². The molecule has 0 aromatic heterocycles. The summed E-state index contributed by atoms with van der Waals surface area (Å²) in [7, 11) is 0. The van der Waals surface area contributed by atoms with Gasteiger partial charge in [-0.1, -0.05) is 59.8 Å². The Balaban J connectivity index is 2.41. The van der Waals surface area contributed by atoms with E-state index < -0.39 is 0 Å². The van der Waals surface area contributed by atoms with E-state index in [9.17, 15) is 0 Å². The number of benzene rings is 2. The standard InChI is InChI=1S/C15H16N2S/c1-11-6-5-7-12(10-11)13-8-3-4-9-14(13)17-15(16)18-2/h3-10H,1-2H3,(H2,16,17). The number of aryl methyl sites for hydroxylation is 1. The number of rotatable bonds is 2. The van der Waals surface area contributed by atoms with Crippen molar-refractivity contribution in [1.29, 1.82) is 5.41 Å². The summed E-state index contributed by atoms with van der Waals surface area (Å²) in [4.78, 5) is 0. The van der Waals surface area contributed by atoms with Gasteiger partial charge < -0.3 is 5.32 Å². The number of para-hydroxylation sites is 1. The van der Waals surface area contributed by atoms with E-state index in [-0.39, 0.29) is 0 Å². The van der Waals surface area contributed by atoms with E-state index in [4.69, 9.17) is 5.41 Å². The van der Waals surface area contributed by atoms with E-state index in [0.717, 1.165) is 11.3 Å². The number of amidine groups is 1. The van der Waals surface area contributed by atoms with Crippen molar-refractivity contribution >= 4 is 22.6 Å². The van der Waals surface area contributed by atoms with E-state index in [2.05, 4.69) is 42.6 Å². The largest absolute Gasteiger partial charge is 0.335 e. The minimum absolute atomic E-state index is 0.454. The molecule has 2 N–H and O–H groups in total. The fourth-order valence-electron chi connectivity index (χ4n) is 1.83. The Kier molecular flexibility index (Phi) is 4.05. The van der Waals surface area contributed by atoms with Gasteiger partial charge in [0.05, 0.1) is 0 Å². The first kappa shape index (κ1) is 12.7. The van der Waals surface area contributed by atoms with Gasteiger partial charge in [0.15, 0.2) is 5.17 Å². The van der Waals surface area contributed by atoms with Crippen LogP contribution in [0.1, 0.15) is 5.56 Å². The Bertz CT molecular complexity index is 564. The Hall–Kier alpha value is -1.74. The quantitative estimate of drug-likeness (QED) is 0.618. The first-order valence-electron chi connectivity index (χ1n) is 5.76. The zero-order valence-electron chi connectivity index (χ0n) is 10.5. The van der Waals surface area contributed by atoms with Gasteiger partial charge >= 0.3 is 0 Å². The zero-order chi connectivity index (χ0) is 13.0. The number of hydrogen-bond donors (Lipinski definition) is 2. The molecule has 0 aliphatic rings. The lowest BCUT2D eigenvalue weighted by atomic mass is 10.0. The summed E-state index contributed by atoms with van der Waals surface area (Å²) in [5.41, 5.74) is 4.51. The van der Waals surface area contributed by atoms with Crippen molar-refractivity contribution in [2.75, 3.05) is 11.6 Å². The minimum atomic E-state index is 0.454.